The van der Waals surface area contributed by atoms with E-state index in [-0.39, 0.29) is 45.1 Å². The highest BCUT2D eigenvalue weighted by atomic mass is 16.7. The van der Waals surface area contributed by atoms with Gasteiger partial charge in [0.15, 0.2) is 30.7 Å². The molecule has 6 N–H and O–H groups in total. The molecule has 3 unspecified atom stereocenters. The van der Waals surface area contributed by atoms with Gasteiger partial charge >= 0.3 is 41.8 Å². The number of aliphatic hydroxyl groups is 5. The van der Waals surface area contributed by atoms with Crippen molar-refractivity contribution in [3.8, 4) is 0 Å². The average Bonchev–Trinajstić information content (AvgIpc) is 3.07. The van der Waals surface area contributed by atoms with Crippen LogP contribution in [-0.2, 0) is 66.7 Å². The van der Waals surface area contributed by atoms with Gasteiger partial charge in [0.25, 0.3) is 0 Å². The van der Waals surface area contributed by atoms with Crippen molar-refractivity contribution in [2.24, 2.45) is 0 Å². The van der Waals surface area contributed by atoms with Gasteiger partial charge in [0.05, 0.1) is 13.2 Å². The van der Waals surface area contributed by atoms with E-state index in [1.807, 2.05) is 0 Å². The molecule has 0 rings (SSSR count). The van der Waals surface area contributed by atoms with Gasteiger partial charge in [-0.05, 0) is 41.0 Å². The van der Waals surface area contributed by atoms with Gasteiger partial charge < -0.3 is 63.8 Å². The van der Waals surface area contributed by atoms with Gasteiger partial charge in [-0.15, -0.1) is 0 Å². The van der Waals surface area contributed by atoms with E-state index in [0.29, 0.717) is 0 Å². The Morgan fingerprint density at radius 1 is 0.560 bits per heavy atom. The SMILES string of the molecule is CCC(=O)OCC(O)CO.CCC(=O)O[C@@H](C)C(=O)O.CCC(O)OCC(COC(=O)[C@H](C)OC(=O)[C@@H](C)O)OC(=O)[C@H](C)OC(=O)[C@@H](C)O. The molecule has 0 aromatic heterocycles. The predicted molar refractivity (Wildman–Crippen MR) is 165 cm³/mol. The van der Waals surface area contributed by atoms with Gasteiger partial charge in [-0.2, -0.15) is 0 Å². The Balaban J connectivity index is -0.000000893. The number of carbonyl (C=O) groups is 7. The van der Waals surface area contributed by atoms with E-state index in [9.17, 15) is 38.7 Å². The summed E-state index contributed by atoms with van der Waals surface area (Å²) in [5.74, 6) is -6.02. The number of hydrogen-bond acceptors (Lipinski definition) is 19. The fourth-order valence-corrected chi connectivity index (χ4v) is 2.32. The number of carboxylic acid groups (broad SMARTS) is 1. The van der Waals surface area contributed by atoms with Gasteiger partial charge in [0, 0.05) is 12.8 Å². The maximum absolute atomic E-state index is 12.1. The van der Waals surface area contributed by atoms with E-state index in [1.165, 1.54) is 20.8 Å². The van der Waals surface area contributed by atoms with Crippen LogP contribution in [-0.4, -0.2) is 148 Å². The molecule has 0 aliphatic carbocycles. The number of ether oxygens (including phenoxy) is 7. The van der Waals surface area contributed by atoms with E-state index in [0.717, 1.165) is 13.8 Å². The molecule has 0 aliphatic rings. The number of aliphatic carboxylic acids is 1. The highest BCUT2D eigenvalue weighted by Gasteiger charge is 2.28. The lowest BCUT2D eigenvalue weighted by Crippen LogP contribution is -2.38. The summed E-state index contributed by atoms with van der Waals surface area (Å²) in [6.45, 7) is 9.61. The minimum Gasteiger partial charge on any atom is -0.479 e. The molecular formula is C30H52O20. The molecule has 50 heavy (non-hydrogen) atoms. The van der Waals surface area contributed by atoms with Crippen LogP contribution in [0.1, 0.15) is 74.7 Å². The Bertz CT molecular complexity index is 1030. The third-order valence-corrected chi connectivity index (χ3v) is 5.33. The molecule has 0 aromatic rings. The summed E-state index contributed by atoms with van der Waals surface area (Å²) in [6, 6.07) is 0. The second kappa shape index (κ2) is 28.8. The summed E-state index contributed by atoms with van der Waals surface area (Å²) in [4.78, 5) is 77.6. The van der Waals surface area contributed by atoms with Crippen LogP contribution in [0.5, 0.6) is 0 Å². The van der Waals surface area contributed by atoms with E-state index < -0.39 is 91.4 Å². The highest BCUT2D eigenvalue weighted by molar-refractivity contribution is 5.81. The maximum atomic E-state index is 12.1. The van der Waals surface area contributed by atoms with Crippen LogP contribution in [0.15, 0.2) is 0 Å². The Kier molecular flexibility index (Phi) is 29.1. The molecule has 0 bridgehead atoms. The molecule has 0 aromatic carbocycles. The second-order valence-electron chi connectivity index (χ2n) is 10.1. The molecule has 0 spiro atoms. The summed E-state index contributed by atoms with van der Waals surface area (Å²) in [6.07, 6.45) is -9.15. The molecule has 0 radical (unpaired) electrons. The second-order valence-corrected chi connectivity index (χ2v) is 10.1. The molecule has 0 amide bonds. The first-order chi connectivity index (χ1) is 23.2. The number of esters is 6. The van der Waals surface area contributed by atoms with Gasteiger partial charge in [0.1, 0.15) is 31.5 Å². The van der Waals surface area contributed by atoms with Crippen LogP contribution in [0.25, 0.3) is 0 Å². The van der Waals surface area contributed by atoms with Gasteiger partial charge in [-0.1, -0.05) is 20.8 Å². The Morgan fingerprint density at radius 2 is 1.04 bits per heavy atom. The van der Waals surface area contributed by atoms with Crippen molar-refractivity contribution >= 4 is 41.8 Å². The number of rotatable bonds is 20. The van der Waals surface area contributed by atoms with Crippen molar-refractivity contribution in [2.45, 2.75) is 124 Å². The number of hydrogen-bond donors (Lipinski definition) is 6. The summed E-state index contributed by atoms with van der Waals surface area (Å²) in [7, 11) is 0. The van der Waals surface area contributed by atoms with Crippen LogP contribution < -0.4 is 0 Å². The zero-order chi connectivity index (χ0) is 39.6. The van der Waals surface area contributed by atoms with Crippen molar-refractivity contribution < 1.29 is 97.4 Å². The molecule has 292 valence electrons. The Morgan fingerprint density at radius 3 is 1.44 bits per heavy atom. The first-order valence-electron chi connectivity index (χ1n) is 15.5. The number of aliphatic hydroxyl groups excluding tert-OH is 5. The lowest BCUT2D eigenvalue weighted by atomic mass is 10.3. The summed E-state index contributed by atoms with van der Waals surface area (Å²) < 4.78 is 33.4. The van der Waals surface area contributed by atoms with Crippen molar-refractivity contribution in [1.29, 1.82) is 0 Å². The quantitative estimate of drug-likeness (QED) is 0.0472. The minimum atomic E-state index is -1.44. The first kappa shape index (κ1) is 50.4. The zero-order valence-corrected chi connectivity index (χ0v) is 29.5. The monoisotopic (exact) mass is 732 g/mol. The van der Waals surface area contributed by atoms with Crippen LogP contribution in [0.4, 0.5) is 0 Å². The lowest BCUT2D eigenvalue weighted by molar-refractivity contribution is -0.187. The smallest absolute Gasteiger partial charge is 0.347 e. The third kappa shape index (κ3) is 26.9. The minimum absolute atomic E-state index is 0.122. The van der Waals surface area contributed by atoms with Crippen LogP contribution >= 0.6 is 0 Å². The molecule has 0 saturated carbocycles. The molecule has 20 heteroatoms. The van der Waals surface area contributed by atoms with Crippen LogP contribution in [0.2, 0.25) is 0 Å². The molecule has 0 aliphatic heterocycles. The molecule has 0 fully saturated rings. The third-order valence-electron chi connectivity index (χ3n) is 5.33. The number of carboxylic acids is 1. The Hall–Kier alpha value is -3.95. The van der Waals surface area contributed by atoms with Crippen LogP contribution in [0, 0.1) is 0 Å². The predicted octanol–water partition coefficient (Wildman–Crippen LogP) is -1.48. The summed E-state index contributed by atoms with van der Waals surface area (Å²) >= 11 is 0. The molecule has 8 atom stereocenters. The van der Waals surface area contributed by atoms with E-state index in [2.05, 4.69) is 14.2 Å². The standard InChI is InChI=1S/C18H30O12.C6H10O4.C6H12O4/c1-6-14(21)26-7-13(30-18(25)12(5)29-16(23)10(3)20)8-27-17(24)11(4)28-15(22)9(2)19;1-3-5(7)10-4(2)6(8)9;1-2-6(9)10-4-5(8)3-7/h9-14,19-21H,6-8H2,1-5H3;4H,3H2,1-2H3,(H,8,9);5,7-8H,2-4H2,1H3/t9-,10-,11+,12+,13?,14?;4-;/m10./s1. The number of carbonyl (C=O) groups excluding carboxylic acids is 6. The van der Waals surface area contributed by atoms with E-state index >= 15 is 0 Å². The largest absolute Gasteiger partial charge is 0.479 e. The maximum Gasteiger partial charge on any atom is 0.347 e. The summed E-state index contributed by atoms with van der Waals surface area (Å²) in [5.41, 5.74) is 0. The fourth-order valence-electron chi connectivity index (χ4n) is 2.32. The molecular weight excluding hydrogens is 680 g/mol. The normalized spacial score (nSPS) is 15.1. The van der Waals surface area contributed by atoms with Gasteiger partial charge in [-0.3, -0.25) is 9.59 Å². The topological polar surface area (TPSA) is 305 Å². The highest BCUT2D eigenvalue weighted by Crippen LogP contribution is 2.07. The summed E-state index contributed by atoms with van der Waals surface area (Å²) in [5, 5.41) is 52.9. The average molecular weight is 733 g/mol. The molecule has 20 nitrogen and oxygen atoms in total. The molecule has 0 heterocycles. The fraction of sp³-hybridized carbons (Fsp3) is 0.767. The van der Waals surface area contributed by atoms with Crippen molar-refractivity contribution in [3.63, 3.8) is 0 Å². The van der Waals surface area contributed by atoms with Crippen molar-refractivity contribution in [1.82, 2.24) is 0 Å². The van der Waals surface area contributed by atoms with Gasteiger partial charge in [0.2, 0.25) is 0 Å². The van der Waals surface area contributed by atoms with E-state index in [4.69, 9.17) is 44.5 Å². The Labute approximate surface area is 289 Å². The first-order valence-corrected chi connectivity index (χ1v) is 15.5. The van der Waals surface area contributed by atoms with Gasteiger partial charge in [-0.25, -0.2) is 24.0 Å². The van der Waals surface area contributed by atoms with Crippen molar-refractivity contribution in [2.75, 3.05) is 26.4 Å². The van der Waals surface area contributed by atoms with E-state index in [1.54, 1.807) is 20.8 Å². The van der Waals surface area contributed by atoms with Crippen LogP contribution in [0.3, 0.4) is 0 Å². The zero-order valence-electron chi connectivity index (χ0n) is 29.5. The molecule has 0 saturated heterocycles. The van der Waals surface area contributed by atoms with Crippen molar-refractivity contribution in [3.05, 3.63) is 0 Å². The lowest BCUT2D eigenvalue weighted by Gasteiger charge is -2.22.